The Morgan fingerprint density at radius 3 is 3.05 bits per heavy atom. The maximum Gasteiger partial charge on any atom is 0.338 e. The van der Waals surface area contributed by atoms with Gasteiger partial charge in [0.1, 0.15) is 0 Å². The molecule has 4 heteroatoms. The van der Waals surface area contributed by atoms with E-state index in [1.807, 2.05) is 12.1 Å². The van der Waals surface area contributed by atoms with Crippen molar-refractivity contribution in [1.29, 1.82) is 0 Å². The van der Waals surface area contributed by atoms with Crippen molar-refractivity contribution in [1.82, 2.24) is 5.32 Å². The van der Waals surface area contributed by atoms with Gasteiger partial charge in [0.05, 0.1) is 12.2 Å². The van der Waals surface area contributed by atoms with E-state index >= 15 is 0 Å². The van der Waals surface area contributed by atoms with Crippen molar-refractivity contribution < 1.29 is 14.3 Å². The molecule has 1 saturated heterocycles. The predicted octanol–water partition coefficient (Wildman–Crippen LogP) is 1.92. The van der Waals surface area contributed by atoms with Gasteiger partial charge in [-0.2, -0.15) is 0 Å². The lowest BCUT2D eigenvalue weighted by Gasteiger charge is -2.23. The summed E-state index contributed by atoms with van der Waals surface area (Å²) >= 11 is 0. The predicted molar refractivity (Wildman–Crippen MR) is 75.7 cm³/mol. The van der Waals surface area contributed by atoms with Gasteiger partial charge < -0.3 is 14.8 Å². The number of hydrogen-bond acceptors (Lipinski definition) is 4. The summed E-state index contributed by atoms with van der Waals surface area (Å²) in [5.74, 6) is 0.282. The van der Waals surface area contributed by atoms with Gasteiger partial charge in [-0.05, 0) is 48.9 Å². The molecule has 108 valence electrons. The van der Waals surface area contributed by atoms with Crippen LogP contribution in [0.5, 0.6) is 0 Å². The van der Waals surface area contributed by atoms with Gasteiger partial charge in [-0.25, -0.2) is 4.79 Å². The summed E-state index contributed by atoms with van der Waals surface area (Å²) in [5, 5.41) is 3.32. The standard InChI is InChI=1S/C16H21NO3/c18-16(20-11-12-5-8-19-9-6-12)15-3-1-2-13-10-17-7-4-14(13)15/h1-3,12,17H,4-11H2. The second-order valence-corrected chi connectivity index (χ2v) is 5.52. The van der Waals surface area contributed by atoms with Gasteiger partial charge in [0.2, 0.25) is 0 Å². The lowest BCUT2D eigenvalue weighted by Crippen LogP contribution is -2.26. The molecule has 0 radical (unpaired) electrons. The molecule has 0 aromatic heterocycles. The lowest BCUT2D eigenvalue weighted by atomic mass is 9.95. The van der Waals surface area contributed by atoms with Crippen molar-refractivity contribution in [2.45, 2.75) is 25.8 Å². The van der Waals surface area contributed by atoms with Gasteiger partial charge in [0, 0.05) is 19.8 Å². The molecule has 2 aliphatic heterocycles. The van der Waals surface area contributed by atoms with Gasteiger partial charge in [-0.3, -0.25) is 0 Å². The molecule has 0 unspecified atom stereocenters. The summed E-state index contributed by atoms with van der Waals surface area (Å²) in [4.78, 5) is 12.3. The number of benzene rings is 1. The maximum absolute atomic E-state index is 12.3. The van der Waals surface area contributed by atoms with E-state index in [1.54, 1.807) is 0 Å². The minimum absolute atomic E-state index is 0.171. The molecule has 0 spiro atoms. The van der Waals surface area contributed by atoms with Crippen LogP contribution in [0.15, 0.2) is 18.2 Å². The average Bonchev–Trinajstić information content (AvgIpc) is 2.53. The highest BCUT2D eigenvalue weighted by molar-refractivity contribution is 5.91. The molecule has 4 nitrogen and oxygen atoms in total. The van der Waals surface area contributed by atoms with E-state index < -0.39 is 0 Å². The normalized spacial score (nSPS) is 19.4. The lowest BCUT2D eigenvalue weighted by molar-refractivity contribution is 0.0184. The molecule has 0 amide bonds. The number of carbonyl (C=O) groups excluding carboxylic acids is 1. The third kappa shape index (κ3) is 3.02. The molecule has 0 atom stereocenters. The van der Waals surface area contributed by atoms with Crippen LogP contribution in [0, 0.1) is 5.92 Å². The van der Waals surface area contributed by atoms with Crippen LogP contribution in [-0.2, 0) is 22.4 Å². The zero-order valence-electron chi connectivity index (χ0n) is 11.7. The van der Waals surface area contributed by atoms with Crippen LogP contribution in [0.1, 0.15) is 34.3 Å². The minimum atomic E-state index is -0.171. The molecule has 1 aromatic carbocycles. The molecular formula is C16H21NO3. The molecule has 0 aliphatic carbocycles. The SMILES string of the molecule is O=C(OCC1CCOCC1)c1cccc2c1CCNC2. The molecule has 1 N–H and O–H groups in total. The first-order chi connectivity index (χ1) is 9.84. The third-order valence-corrected chi connectivity index (χ3v) is 4.15. The number of hydrogen-bond donors (Lipinski definition) is 1. The fraction of sp³-hybridized carbons (Fsp3) is 0.562. The van der Waals surface area contributed by atoms with Crippen molar-refractivity contribution in [3.8, 4) is 0 Å². The number of ether oxygens (including phenoxy) is 2. The number of nitrogens with one attached hydrogen (secondary N) is 1. The fourth-order valence-electron chi connectivity index (χ4n) is 2.91. The summed E-state index contributed by atoms with van der Waals surface area (Å²) < 4.78 is 10.8. The molecule has 1 aromatic rings. The van der Waals surface area contributed by atoms with E-state index in [2.05, 4.69) is 11.4 Å². The Labute approximate surface area is 119 Å². The zero-order chi connectivity index (χ0) is 13.8. The Balaban J connectivity index is 1.64. The number of rotatable bonds is 3. The van der Waals surface area contributed by atoms with Crippen molar-refractivity contribution in [2.75, 3.05) is 26.4 Å². The average molecular weight is 275 g/mol. The Morgan fingerprint density at radius 2 is 2.20 bits per heavy atom. The summed E-state index contributed by atoms with van der Waals surface area (Å²) in [6.07, 6.45) is 2.88. The van der Waals surface area contributed by atoms with Crippen LogP contribution in [-0.4, -0.2) is 32.3 Å². The van der Waals surface area contributed by atoms with E-state index in [1.165, 1.54) is 5.56 Å². The molecule has 2 heterocycles. The van der Waals surface area contributed by atoms with Crippen LogP contribution in [0.25, 0.3) is 0 Å². The Morgan fingerprint density at radius 1 is 1.35 bits per heavy atom. The van der Waals surface area contributed by atoms with Gasteiger partial charge in [-0.15, -0.1) is 0 Å². The first-order valence-corrected chi connectivity index (χ1v) is 7.41. The highest BCUT2D eigenvalue weighted by Crippen LogP contribution is 2.21. The Kier molecular flexibility index (Phi) is 4.33. The molecule has 0 saturated carbocycles. The number of fused-ring (bicyclic) bond motifs is 1. The quantitative estimate of drug-likeness (QED) is 0.856. The first-order valence-electron chi connectivity index (χ1n) is 7.41. The van der Waals surface area contributed by atoms with Crippen molar-refractivity contribution in [2.24, 2.45) is 5.92 Å². The zero-order valence-corrected chi connectivity index (χ0v) is 11.7. The highest BCUT2D eigenvalue weighted by Gasteiger charge is 2.20. The van der Waals surface area contributed by atoms with E-state index in [9.17, 15) is 4.79 Å². The van der Waals surface area contributed by atoms with E-state index in [0.29, 0.717) is 12.5 Å². The number of carbonyl (C=O) groups is 1. The van der Waals surface area contributed by atoms with Crippen molar-refractivity contribution in [3.05, 3.63) is 34.9 Å². The number of esters is 1. The van der Waals surface area contributed by atoms with E-state index in [0.717, 1.165) is 56.7 Å². The molecule has 0 bridgehead atoms. The Hall–Kier alpha value is -1.39. The van der Waals surface area contributed by atoms with Crippen LogP contribution < -0.4 is 5.32 Å². The minimum Gasteiger partial charge on any atom is -0.462 e. The topological polar surface area (TPSA) is 47.6 Å². The van der Waals surface area contributed by atoms with Crippen LogP contribution in [0.4, 0.5) is 0 Å². The molecule has 3 rings (SSSR count). The highest BCUT2D eigenvalue weighted by atomic mass is 16.5. The maximum atomic E-state index is 12.3. The monoisotopic (exact) mass is 275 g/mol. The fourth-order valence-corrected chi connectivity index (χ4v) is 2.91. The van der Waals surface area contributed by atoms with Gasteiger partial charge in [-0.1, -0.05) is 12.1 Å². The molecule has 1 fully saturated rings. The molecular weight excluding hydrogens is 254 g/mol. The smallest absolute Gasteiger partial charge is 0.338 e. The van der Waals surface area contributed by atoms with Crippen LogP contribution >= 0.6 is 0 Å². The summed E-state index contributed by atoms with van der Waals surface area (Å²) in [6, 6.07) is 5.91. The molecule has 20 heavy (non-hydrogen) atoms. The van der Waals surface area contributed by atoms with Gasteiger partial charge in [0.15, 0.2) is 0 Å². The van der Waals surface area contributed by atoms with E-state index in [-0.39, 0.29) is 5.97 Å². The third-order valence-electron chi connectivity index (χ3n) is 4.15. The second-order valence-electron chi connectivity index (χ2n) is 5.52. The van der Waals surface area contributed by atoms with Gasteiger partial charge in [0.25, 0.3) is 0 Å². The summed E-state index contributed by atoms with van der Waals surface area (Å²) in [6.45, 7) is 3.86. The summed E-state index contributed by atoms with van der Waals surface area (Å²) in [5.41, 5.74) is 3.12. The van der Waals surface area contributed by atoms with E-state index in [4.69, 9.17) is 9.47 Å². The molecule has 2 aliphatic rings. The Bertz CT molecular complexity index is 481. The van der Waals surface area contributed by atoms with Crippen LogP contribution in [0.3, 0.4) is 0 Å². The van der Waals surface area contributed by atoms with Crippen molar-refractivity contribution >= 4 is 5.97 Å². The summed E-state index contributed by atoms with van der Waals surface area (Å²) in [7, 11) is 0. The van der Waals surface area contributed by atoms with Gasteiger partial charge >= 0.3 is 5.97 Å². The second kappa shape index (κ2) is 6.37. The largest absolute Gasteiger partial charge is 0.462 e. The van der Waals surface area contributed by atoms with Crippen molar-refractivity contribution in [3.63, 3.8) is 0 Å². The first kappa shape index (κ1) is 13.6. The van der Waals surface area contributed by atoms with Crippen LogP contribution in [0.2, 0.25) is 0 Å².